The van der Waals surface area contributed by atoms with Gasteiger partial charge in [0.2, 0.25) is 0 Å². The van der Waals surface area contributed by atoms with E-state index in [1.54, 1.807) is 48.4 Å². The molecule has 8 nitrogen and oxygen atoms in total. The van der Waals surface area contributed by atoms with Crippen molar-refractivity contribution in [1.82, 2.24) is 14.9 Å². The molecule has 0 radical (unpaired) electrons. The molecule has 0 bridgehead atoms. The number of para-hydroxylation sites is 1. The van der Waals surface area contributed by atoms with E-state index in [0.29, 0.717) is 48.6 Å². The molecule has 0 spiro atoms. The third-order valence-electron chi connectivity index (χ3n) is 5.02. The molecule has 1 N–H and O–H groups in total. The predicted octanol–water partition coefficient (Wildman–Crippen LogP) is 3.14. The number of carbonyl (C=O) groups is 1. The van der Waals surface area contributed by atoms with Crippen molar-refractivity contribution in [2.75, 3.05) is 50.6 Å². The number of urea groups is 1. The predicted molar refractivity (Wildman–Crippen MR) is 112 cm³/mol. The third kappa shape index (κ3) is 3.91. The average molecular weight is 411 g/mol. The topological polar surface area (TPSA) is 79.8 Å². The molecule has 2 amide bonds. The Balaban J connectivity index is 1.46. The number of anilines is 2. The van der Waals surface area contributed by atoms with Gasteiger partial charge in [0.05, 0.1) is 30.9 Å². The number of piperazine rings is 1. The number of nitrogens with zero attached hydrogens (tertiary/aromatic N) is 4. The zero-order valence-corrected chi connectivity index (χ0v) is 16.8. The van der Waals surface area contributed by atoms with Crippen LogP contribution in [-0.4, -0.2) is 61.3 Å². The number of methoxy groups -OCH3 is 2. The Kier molecular flexibility index (Phi) is 5.51. The highest BCUT2D eigenvalue weighted by atomic mass is 19.1. The molecular formula is C21H22FN5O3. The number of halogens is 1. The summed E-state index contributed by atoms with van der Waals surface area (Å²) >= 11 is 0. The second kappa shape index (κ2) is 8.40. The van der Waals surface area contributed by atoms with Crippen LogP contribution in [0.1, 0.15) is 0 Å². The Bertz CT molecular complexity index is 1070. The van der Waals surface area contributed by atoms with Crippen molar-refractivity contribution in [3.63, 3.8) is 0 Å². The molecule has 0 aliphatic carbocycles. The maximum atomic E-state index is 14.0. The molecule has 1 aliphatic rings. The highest BCUT2D eigenvalue weighted by molar-refractivity contribution is 5.91. The molecule has 9 heteroatoms. The SMILES string of the molecule is COc1ccc2nc(NC(=O)N3CCN(c4ccccc4F)CC3)c(OC)nc2c1. The number of ether oxygens (including phenoxy) is 2. The van der Waals surface area contributed by atoms with Gasteiger partial charge in [0.1, 0.15) is 11.6 Å². The Labute approximate surface area is 173 Å². The van der Waals surface area contributed by atoms with Crippen molar-refractivity contribution >= 4 is 28.6 Å². The summed E-state index contributed by atoms with van der Waals surface area (Å²) in [6.45, 7) is 1.99. The third-order valence-corrected chi connectivity index (χ3v) is 5.02. The Hall–Kier alpha value is -3.62. The Morgan fingerprint density at radius 2 is 1.77 bits per heavy atom. The van der Waals surface area contributed by atoms with E-state index in [1.807, 2.05) is 4.90 Å². The van der Waals surface area contributed by atoms with E-state index in [-0.39, 0.29) is 23.5 Å². The first-order chi connectivity index (χ1) is 14.6. The summed E-state index contributed by atoms with van der Waals surface area (Å²) in [6.07, 6.45) is 0. The monoisotopic (exact) mass is 411 g/mol. The number of fused-ring (bicyclic) bond motifs is 1. The minimum atomic E-state index is -0.302. The summed E-state index contributed by atoms with van der Waals surface area (Å²) in [5, 5.41) is 2.78. The summed E-state index contributed by atoms with van der Waals surface area (Å²) in [5.74, 6) is 0.859. The van der Waals surface area contributed by atoms with Gasteiger partial charge in [-0.1, -0.05) is 12.1 Å². The van der Waals surface area contributed by atoms with Crippen LogP contribution in [0.4, 0.5) is 20.7 Å². The lowest BCUT2D eigenvalue weighted by Crippen LogP contribution is -2.50. The van der Waals surface area contributed by atoms with E-state index in [9.17, 15) is 9.18 Å². The summed E-state index contributed by atoms with van der Waals surface area (Å²) in [4.78, 5) is 25.2. The minimum absolute atomic E-state index is 0.217. The van der Waals surface area contributed by atoms with Gasteiger partial charge in [-0.2, -0.15) is 0 Å². The van der Waals surface area contributed by atoms with Crippen LogP contribution in [0.15, 0.2) is 42.5 Å². The van der Waals surface area contributed by atoms with E-state index in [0.717, 1.165) is 0 Å². The zero-order valence-electron chi connectivity index (χ0n) is 16.8. The van der Waals surface area contributed by atoms with Crippen molar-refractivity contribution in [2.24, 2.45) is 0 Å². The Morgan fingerprint density at radius 3 is 2.47 bits per heavy atom. The largest absolute Gasteiger partial charge is 0.497 e. The Morgan fingerprint density at radius 1 is 1.00 bits per heavy atom. The standard InChI is InChI=1S/C21H22FN5O3/c1-29-14-7-8-16-17(13-14)24-20(30-2)19(23-16)25-21(28)27-11-9-26(10-12-27)18-6-4-3-5-15(18)22/h3-8,13H,9-12H2,1-2H3,(H,23,25,28). The number of rotatable bonds is 4. The number of amides is 2. The van der Waals surface area contributed by atoms with Gasteiger partial charge in [-0.15, -0.1) is 0 Å². The molecule has 0 atom stereocenters. The maximum absolute atomic E-state index is 14.0. The van der Waals surface area contributed by atoms with Gasteiger partial charge in [-0.3, -0.25) is 5.32 Å². The molecule has 156 valence electrons. The van der Waals surface area contributed by atoms with Gasteiger partial charge in [0.25, 0.3) is 5.88 Å². The van der Waals surface area contributed by atoms with Gasteiger partial charge >= 0.3 is 6.03 Å². The van der Waals surface area contributed by atoms with E-state index >= 15 is 0 Å². The molecule has 0 saturated carbocycles. The van der Waals surface area contributed by atoms with Crippen LogP contribution >= 0.6 is 0 Å². The fraction of sp³-hybridized carbons (Fsp3) is 0.286. The van der Waals surface area contributed by atoms with Gasteiger partial charge in [-0.05, 0) is 24.3 Å². The summed E-state index contributed by atoms with van der Waals surface area (Å²) in [6, 6.07) is 11.6. The minimum Gasteiger partial charge on any atom is -0.497 e. The number of aromatic nitrogens is 2. The lowest BCUT2D eigenvalue weighted by molar-refractivity contribution is 0.208. The molecular weight excluding hydrogens is 389 g/mol. The molecule has 1 fully saturated rings. The van der Waals surface area contributed by atoms with Crippen molar-refractivity contribution in [1.29, 1.82) is 0 Å². The number of hydrogen-bond donors (Lipinski definition) is 1. The first-order valence-electron chi connectivity index (χ1n) is 9.54. The highest BCUT2D eigenvalue weighted by Crippen LogP contribution is 2.26. The lowest BCUT2D eigenvalue weighted by atomic mass is 10.2. The zero-order chi connectivity index (χ0) is 21.1. The van der Waals surface area contributed by atoms with Crippen LogP contribution in [0.3, 0.4) is 0 Å². The van der Waals surface area contributed by atoms with Crippen LogP contribution in [-0.2, 0) is 0 Å². The highest BCUT2D eigenvalue weighted by Gasteiger charge is 2.24. The summed E-state index contributed by atoms with van der Waals surface area (Å²) in [7, 11) is 3.05. The van der Waals surface area contributed by atoms with Crippen LogP contribution < -0.4 is 19.7 Å². The normalized spacial score (nSPS) is 14.0. The quantitative estimate of drug-likeness (QED) is 0.711. The van der Waals surface area contributed by atoms with E-state index in [4.69, 9.17) is 9.47 Å². The summed E-state index contributed by atoms with van der Waals surface area (Å²) < 4.78 is 24.5. The van der Waals surface area contributed by atoms with Crippen LogP contribution in [0, 0.1) is 5.82 Å². The second-order valence-corrected chi connectivity index (χ2v) is 6.79. The molecule has 1 aromatic heterocycles. The molecule has 2 aromatic carbocycles. The number of nitrogens with one attached hydrogen (secondary N) is 1. The number of hydrogen-bond acceptors (Lipinski definition) is 6. The van der Waals surface area contributed by atoms with Gasteiger partial charge in [0, 0.05) is 32.2 Å². The van der Waals surface area contributed by atoms with Crippen molar-refractivity contribution < 1.29 is 18.7 Å². The molecule has 0 unspecified atom stereocenters. The summed E-state index contributed by atoms with van der Waals surface area (Å²) in [5.41, 5.74) is 1.76. The van der Waals surface area contributed by atoms with Crippen molar-refractivity contribution in [3.8, 4) is 11.6 Å². The number of carbonyl (C=O) groups excluding carboxylic acids is 1. The molecule has 1 saturated heterocycles. The lowest BCUT2D eigenvalue weighted by Gasteiger charge is -2.36. The van der Waals surface area contributed by atoms with Crippen LogP contribution in [0.2, 0.25) is 0 Å². The number of benzene rings is 2. The van der Waals surface area contributed by atoms with Gasteiger partial charge in [0.15, 0.2) is 5.82 Å². The van der Waals surface area contributed by atoms with Crippen molar-refractivity contribution in [2.45, 2.75) is 0 Å². The van der Waals surface area contributed by atoms with E-state index < -0.39 is 0 Å². The van der Waals surface area contributed by atoms with Crippen LogP contribution in [0.5, 0.6) is 11.6 Å². The smallest absolute Gasteiger partial charge is 0.323 e. The maximum Gasteiger partial charge on any atom is 0.323 e. The van der Waals surface area contributed by atoms with Gasteiger partial charge in [-0.25, -0.2) is 19.2 Å². The molecule has 1 aliphatic heterocycles. The molecule has 3 aromatic rings. The molecule has 4 rings (SSSR count). The first kappa shape index (κ1) is 19.7. The van der Waals surface area contributed by atoms with E-state index in [2.05, 4.69) is 15.3 Å². The average Bonchev–Trinajstić information content (AvgIpc) is 2.78. The fourth-order valence-electron chi connectivity index (χ4n) is 3.41. The fourth-order valence-corrected chi connectivity index (χ4v) is 3.41. The van der Waals surface area contributed by atoms with Gasteiger partial charge < -0.3 is 19.3 Å². The first-order valence-corrected chi connectivity index (χ1v) is 9.54. The molecule has 30 heavy (non-hydrogen) atoms. The van der Waals surface area contributed by atoms with Crippen LogP contribution in [0.25, 0.3) is 11.0 Å². The van der Waals surface area contributed by atoms with Crippen molar-refractivity contribution in [3.05, 3.63) is 48.3 Å². The molecule has 2 heterocycles. The van der Waals surface area contributed by atoms with E-state index in [1.165, 1.54) is 13.2 Å². The second-order valence-electron chi connectivity index (χ2n) is 6.79.